The smallest absolute Gasteiger partial charge is 0.147 e. The molecule has 0 fully saturated rings. The predicted octanol–water partition coefficient (Wildman–Crippen LogP) is 10.3. The monoisotopic (exact) mass is 588 g/mol. The van der Waals surface area contributed by atoms with Crippen molar-refractivity contribution < 1.29 is 8.98 Å². The minimum absolute atomic E-state index is 0.701. The molecule has 1 aliphatic rings. The number of benzene rings is 6. The van der Waals surface area contributed by atoms with Gasteiger partial charge in [-0.3, -0.25) is 0 Å². The highest BCUT2D eigenvalue weighted by atomic mass is 31.2. The minimum Gasteiger partial charge on any atom is -0.455 e. The van der Waals surface area contributed by atoms with Gasteiger partial charge in [0.25, 0.3) is 0 Å². The Balaban J connectivity index is 1.29. The van der Waals surface area contributed by atoms with Crippen LogP contribution in [0.1, 0.15) is 0 Å². The van der Waals surface area contributed by atoms with E-state index in [2.05, 4.69) is 82.6 Å². The summed E-state index contributed by atoms with van der Waals surface area (Å²) in [4.78, 5) is 4.44. The SMILES string of the molecule is CP1(=O)c2ccc(N(c3ccccc3)c3ccccc3)cc2-c2oc3ccc(N(c4ccccc4)c4ccccc4)cc3c21. The lowest BCUT2D eigenvalue weighted by Gasteiger charge is -2.26. The molecule has 1 aromatic heterocycles. The highest BCUT2D eigenvalue weighted by Crippen LogP contribution is 2.54. The number of hydrogen-bond acceptors (Lipinski definition) is 4. The molecule has 44 heavy (non-hydrogen) atoms. The maximum Gasteiger partial charge on any atom is 0.147 e. The fraction of sp³-hybridized carbons (Fsp3) is 0.0256. The van der Waals surface area contributed by atoms with Crippen LogP contribution in [0.4, 0.5) is 34.1 Å². The second-order valence-corrected chi connectivity index (χ2v) is 13.9. The number of anilines is 6. The van der Waals surface area contributed by atoms with Crippen LogP contribution >= 0.6 is 7.14 Å². The highest BCUT2D eigenvalue weighted by molar-refractivity contribution is 7.79. The molecule has 1 atom stereocenters. The summed E-state index contributed by atoms with van der Waals surface area (Å²) in [7, 11) is -2.94. The first kappa shape index (κ1) is 26.3. The van der Waals surface area contributed by atoms with Crippen LogP contribution in [-0.2, 0) is 4.57 Å². The summed E-state index contributed by atoms with van der Waals surface area (Å²) < 4.78 is 21.2. The first-order valence-electron chi connectivity index (χ1n) is 14.7. The molecule has 1 unspecified atom stereocenters. The molecule has 0 saturated carbocycles. The molecular weight excluding hydrogens is 559 g/mol. The summed E-state index contributed by atoms with van der Waals surface area (Å²) in [5, 5.41) is 2.53. The van der Waals surface area contributed by atoms with Crippen LogP contribution < -0.4 is 20.4 Å². The van der Waals surface area contributed by atoms with E-state index >= 15 is 0 Å². The van der Waals surface area contributed by atoms with E-state index in [9.17, 15) is 4.57 Å². The van der Waals surface area contributed by atoms with Crippen molar-refractivity contribution in [2.24, 2.45) is 0 Å². The van der Waals surface area contributed by atoms with Crippen molar-refractivity contribution in [1.29, 1.82) is 0 Å². The Labute approximate surface area is 256 Å². The molecule has 6 aromatic carbocycles. The molecule has 5 heteroatoms. The first-order valence-corrected chi connectivity index (χ1v) is 16.8. The zero-order chi connectivity index (χ0) is 29.7. The minimum atomic E-state index is -2.94. The molecule has 0 saturated heterocycles. The molecule has 0 amide bonds. The van der Waals surface area contributed by atoms with Gasteiger partial charge in [-0.25, -0.2) is 0 Å². The molecule has 0 radical (unpaired) electrons. The van der Waals surface area contributed by atoms with Gasteiger partial charge in [-0.15, -0.1) is 0 Å². The van der Waals surface area contributed by atoms with Gasteiger partial charge in [0, 0.05) is 50.4 Å². The number of nitrogens with zero attached hydrogens (tertiary/aromatic N) is 2. The normalized spacial score (nSPS) is 15.1. The Morgan fingerprint density at radius 2 is 0.932 bits per heavy atom. The third kappa shape index (κ3) is 4.26. The van der Waals surface area contributed by atoms with Gasteiger partial charge in [0.2, 0.25) is 0 Å². The Morgan fingerprint density at radius 3 is 1.41 bits per heavy atom. The summed E-state index contributed by atoms with van der Waals surface area (Å²) in [6.45, 7) is 1.87. The third-order valence-corrected chi connectivity index (χ3v) is 10.9. The Hall–Kier alpha value is -5.31. The Bertz CT molecular complexity index is 2080. The lowest BCUT2D eigenvalue weighted by molar-refractivity contribution is 0.591. The van der Waals surface area contributed by atoms with Crippen LogP contribution in [-0.4, -0.2) is 6.66 Å². The highest BCUT2D eigenvalue weighted by Gasteiger charge is 2.40. The van der Waals surface area contributed by atoms with Gasteiger partial charge >= 0.3 is 0 Å². The molecule has 0 aliphatic carbocycles. The third-order valence-electron chi connectivity index (χ3n) is 8.33. The average molecular weight is 589 g/mol. The first-order chi connectivity index (χ1) is 21.6. The van der Waals surface area contributed by atoms with E-state index < -0.39 is 7.14 Å². The van der Waals surface area contributed by atoms with Crippen LogP contribution in [0.5, 0.6) is 0 Å². The molecule has 7 aromatic rings. The Morgan fingerprint density at radius 1 is 0.500 bits per heavy atom. The van der Waals surface area contributed by atoms with Crippen molar-refractivity contribution in [3.8, 4) is 11.3 Å². The van der Waals surface area contributed by atoms with E-state index in [-0.39, 0.29) is 0 Å². The maximum atomic E-state index is 14.7. The molecule has 0 spiro atoms. The molecule has 1 aliphatic heterocycles. The molecule has 4 nitrogen and oxygen atoms in total. The summed E-state index contributed by atoms with van der Waals surface area (Å²) >= 11 is 0. The van der Waals surface area contributed by atoms with Crippen molar-refractivity contribution >= 4 is 62.8 Å². The van der Waals surface area contributed by atoms with Crippen LogP contribution in [0.25, 0.3) is 22.3 Å². The van der Waals surface area contributed by atoms with Crippen LogP contribution in [0.2, 0.25) is 0 Å². The second-order valence-electron chi connectivity index (χ2n) is 11.1. The molecule has 0 bridgehead atoms. The van der Waals surface area contributed by atoms with Gasteiger partial charge in [0.15, 0.2) is 0 Å². The molecule has 2 heterocycles. The van der Waals surface area contributed by atoms with Crippen molar-refractivity contribution in [2.45, 2.75) is 0 Å². The molecule has 8 rings (SSSR count). The quantitative estimate of drug-likeness (QED) is 0.181. The van der Waals surface area contributed by atoms with Gasteiger partial charge in [0.1, 0.15) is 18.5 Å². The van der Waals surface area contributed by atoms with Crippen LogP contribution in [0.15, 0.2) is 162 Å². The van der Waals surface area contributed by atoms with E-state index in [0.29, 0.717) is 5.76 Å². The van der Waals surface area contributed by atoms with Gasteiger partial charge in [-0.05, 0) is 91.6 Å². The fourth-order valence-corrected chi connectivity index (χ4v) is 8.77. The molecular formula is C39H29N2O2P. The number of fused-ring (bicyclic) bond motifs is 5. The van der Waals surface area contributed by atoms with Gasteiger partial charge in [0.05, 0.1) is 5.30 Å². The zero-order valence-electron chi connectivity index (χ0n) is 24.2. The van der Waals surface area contributed by atoms with Crippen molar-refractivity contribution in [3.63, 3.8) is 0 Å². The number of rotatable bonds is 6. The molecule has 0 N–H and O–H groups in total. The summed E-state index contributed by atoms with van der Waals surface area (Å²) in [6.07, 6.45) is 0. The van der Waals surface area contributed by atoms with E-state index in [0.717, 1.165) is 61.3 Å². The topological polar surface area (TPSA) is 36.7 Å². The Kier molecular flexibility index (Phi) is 6.25. The second kappa shape index (κ2) is 10.4. The number of hydrogen-bond donors (Lipinski definition) is 0. The van der Waals surface area contributed by atoms with Crippen molar-refractivity contribution in [1.82, 2.24) is 0 Å². The van der Waals surface area contributed by atoms with Gasteiger partial charge in [-0.1, -0.05) is 72.8 Å². The van der Waals surface area contributed by atoms with Crippen LogP contribution in [0.3, 0.4) is 0 Å². The van der Waals surface area contributed by atoms with E-state index in [4.69, 9.17) is 4.42 Å². The lowest BCUT2D eigenvalue weighted by Crippen LogP contribution is -2.13. The zero-order valence-corrected chi connectivity index (χ0v) is 25.1. The molecule has 212 valence electrons. The predicted molar refractivity (Wildman–Crippen MR) is 184 cm³/mol. The standard InChI is InChI=1S/C39H29N2O2P/c1-44(42)37-25-23-33(41(30-18-10-4-11-19-30)31-20-12-5-13-21-31)27-35(37)38-39(44)34-26-32(22-24-36(34)43-38)40(28-14-6-2-7-15-28)29-16-8-3-9-17-29/h2-27H,1H3. The number of furan rings is 1. The largest absolute Gasteiger partial charge is 0.455 e. The van der Waals surface area contributed by atoms with E-state index in [1.54, 1.807) is 0 Å². The summed E-state index contributed by atoms with van der Waals surface area (Å²) in [5.74, 6) is 0.701. The van der Waals surface area contributed by atoms with E-state index in [1.807, 2.05) is 91.6 Å². The van der Waals surface area contributed by atoms with Crippen molar-refractivity contribution in [3.05, 3.63) is 158 Å². The van der Waals surface area contributed by atoms with Gasteiger partial charge < -0.3 is 18.8 Å². The fourth-order valence-electron chi connectivity index (χ4n) is 6.36. The average Bonchev–Trinajstić information content (AvgIpc) is 3.56. The maximum absolute atomic E-state index is 14.7. The summed E-state index contributed by atoms with van der Waals surface area (Å²) in [5.41, 5.74) is 7.78. The van der Waals surface area contributed by atoms with Gasteiger partial charge in [-0.2, -0.15) is 0 Å². The van der Waals surface area contributed by atoms with Crippen molar-refractivity contribution in [2.75, 3.05) is 16.5 Å². The summed E-state index contributed by atoms with van der Waals surface area (Å²) in [6, 6.07) is 53.7. The van der Waals surface area contributed by atoms with E-state index in [1.165, 1.54) is 0 Å². The number of para-hydroxylation sites is 4. The lowest BCUT2D eigenvalue weighted by atomic mass is 10.1. The van der Waals surface area contributed by atoms with Crippen LogP contribution in [0, 0.1) is 0 Å².